The molecule has 0 rings (SSSR count). The fourth-order valence-electron chi connectivity index (χ4n) is 0.769. The lowest BCUT2D eigenvalue weighted by atomic mass is 10.2. The van der Waals surface area contributed by atoms with Crippen LogP contribution < -0.4 is 0 Å². The molecule has 0 spiro atoms. The molecule has 0 aromatic carbocycles. The maximum atomic E-state index is 11.2. The predicted molar refractivity (Wildman–Crippen MR) is 48.8 cm³/mol. The minimum absolute atomic E-state index is 0.126. The molecule has 7 heteroatoms. The van der Waals surface area contributed by atoms with E-state index in [1.165, 1.54) is 20.0 Å². The molecule has 1 unspecified atom stereocenters. The Morgan fingerprint density at radius 2 is 2.14 bits per heavy atom. The zero-order valence-corrected chi connectivity index (χ0v) is 8.78. The molecule has 0 aromatic heterocycles. The second-order valence-corrected chi connectivity index (χ2v) is 5.01. The molecule has 80 valence electrons. The average molecular weight is 220 g/mol. The largest absolute Gasteiger partial charge is 0.481 e. The molecular formula is C7H12N2O4S. The van der Waals surface area contributed by atoms with Crippen molar-refractivity contribution in [1.82, 2.24) is 4.31 Å². The number of rotatable bonds is 5. The van der Waals surface area contributed by atoms with Crippen molar-refractivity contribution in [3.8, 4) is 6.07 Å². The second kappa shape index (κ2) is 4.93. The molecule has 6 nitrogen and oxygen atoms in total. The first kappa shape index (κ1) is 12.9. The summed E-state index contributed by atoms with van der Waals surface area (Å²) >= 11 is 0. The van der Waals surface area contributed by atoms with E-state index < -0.39 is 27.7 Å². The van der Waals surface area contributed by atoms with Crippen molar-refractivity contribution in [1.29, 1.82) is 5.26 Å². The minimum atomic E-state index is -3.63. The van der Waals surface area contributed by atoms with Gasteiger partial charge in [-0.05, 0) is 0 Å². The van der Waals surface area contributed by atoms with Crippen LogP contribution in [0, 0.1) is 17.2 Å². The molecule has 0 aliphatic rings. The van der Waals surface area contributed by atoms with Crippen molar-refractivity contribution in [2.75, 3.05) is 19.3 Å². The first-order valence-corrected chi connectivity index (χ1v) is 5.46. The zero-order valence-electron chi connectivity index (χ0n) is 7.97. The van der Waals surface area contributed by atoms with E-state index in [9.17, 15) is 13.2 Å². The lowest BCUT2D eigenvalue weighted by Crippen LogP contribution is -2.34. The van der Waals surface area contributed by atoms with Crippen LogP contribution >= 0.6 is 0 Å². The van der Waals surface area contributed by atoms with E-state index in [0.29, 0.717) is 0 Å². The van der Waals surface area contributed by atoms with Crippen molar-refractivity contribution >= 4 is 16.0 Å². The molecule has 0 amide bonds. The molecule has 0 bridgehead atoms. The molecular weight excluding hydrogens is 208 g/mol. The molecule has 0 saturated carbocycles. The topological polar surface area (TPSA) is 98.5 Å². The summed E-state index contributed by atoms with van der Waals surface area (Å²) in [5.74, 6) is -2.48. The van der Waals surface area contributed by atoms with E-state index in [2.05, 4.69) is 0 Å². The van der Waals surface area contributed by atoms with Gasteiger partial charge in [0.05, 0.1) is 12.0 Å². The van der Waals surface area contributed by atoms with Gasteiger partial charge in [-0.25, -0.2) is 12.7 Å². The summed E-state index contributed by atoms with van der Waals surface area (Å²) in [6.07, 6.45) is 0. The van der Waals surface area contributed by atoms with Crippen LogP contribution in [0.1, 0.15) is 6.92 Å². The third kappa shape index (κ3) is 3.72. The van der Waals surface area contributed by atoms with Gasteiger partial charge in [-0.3, -0.25) is 4.79 Å². The quantitative estimate of drug-likeness (QED) is 0.673. The molecule has 0 aliphatic heterocycles. The normalized spacial score (nSPS) is 13.6. The van der Waals surface area contributed by atoms with Gasteiger partial charge in [0.2, 0.25) is 10.0 Å². The summed E-state index contributed by atoms with van der Waals surface area (Å²) in [5, 5.41) is 16.8. The second-order valence-electron chi connectivity index (χ2n) is 2.93. The van der Waals surface area contributed by atoms with Crippen molar-refractivity contribution in [2.24, 2.45) is 5.92 Å². The standard InChI is InChI=1S/C7H12N2O4S/c1-6(7(10)11)5-9(2)14(12,13)4-3-8/h6H,4-5H2,1-2H3,(H,10,11). The van der Waals surface area contributed by atoms with Crippen LogP contribution in [-0.2, 0) is 14.8 Å². The SMILES string of the molecule is CC(CN(C)S(=O)(=O)CC#N)C(=O)O. The van der Waals surface area contributed by atoms with Crippen LogP contribution in [0.4, 0.5) is 0 Å². The number of carboxylic acid groups (broad SMARTS) is 1. The number of hydrogen-bond acceptors (Lipinski definition) is 4. The molecule has 0 heterocycles. The van der Waals surface area contributed by atoms with Crippen molar-refractivity contribution in [3.05, 3.63) is 0 Å². The van der Waals surface area contributed by atoms with Crippen molar-refractivity contribution in [3.63, 3.8) is 0 Å². The van der Waals surface area contributed by atoms with E-state index in [-0.39, 0.29) is 6.54 Å². The third-order valence-corrected chi connectivity index (χ3v) is 3.27. The summed E-state index contributed by atoms with van der Waals surface area (Å²) in [7, 11) is -2.37. The van der Waals surface area contributed by atoms with Gasteiger partial charge >= 0.3 is 5.97 Å². The zero-order chi connectivity index (χ0) is 11.4. The van der Waals surface area contributed by atoms with Gasteiger partial charge in [-0.1, -0.05) is 6.92 Å². The third-order valence-electron chi connectivity index (χ3n) is 1.67. The Kier molecular flexibility index (Phi) is 4.53. The first-order chi connectivity index (χ1) is 6.31. The predicted octanol–water partition coefficient (Wildman–Crippen LogP) is -0.508. The Hall–Kier alpha value is -1.13. The highest BCUT2D eigenvalue weighted by Crippen LogP contribution is 2.03. The Bertz CT molecular complexity index is 343. The summed E-state index contributed by atoms with van der Waals surface area (Å²) in [4.78, 5) is 10.4. The number of carbonyl (C=O) groups is 1. The van der Waals surface area contributed by atoms with Gasteiger partial charge < -0.3 is 5.11 Å². The van der Waals surface area contributed by atoms with Gasteiger partial charge in [0.1, 0.15) is 0 Å². The van der Waals surface area contributed by atoms with E-state index in [0.717, 1.165) is 4.31 Å². The summed E-state index contributed by atoms with van der Waals surface area (Å²) < 4.78 is 23.3. The van der Waals surface area contributed by atoms with Crippen LogP contribution in [0.2, 0.25) is 0 Å². The average Bonchev–Trinajstić information content (AvgIpc) is 2.03. The Morgan fingerprint density at radius 3 is 2.50 bits per heavy atom. The summed E-state index contributed by atoms with van der Waals surface area (Å²) in [6, 6.07) is 1.51. The molecule has 0 aromatic rings. The van der Waals surface area contributed by atoms with E-state index >= 15 is 0 Å². The van der Waals surface area contributed by atoms with Gasteiger partial charge in [0, 0.05) is 13.6 Å². The summed E-state index contributed by atoms with van der Waals surface area (Å²) in [6.45, 7) is 1.28. The Balaban J connectivity index is 4.44. The maximum Gasteiger partial charge on any atom is 0.307 e. The lowest BCUT2D eigenvalue weighted by molar-refractivity contribution is -0.141. The minimum Gasteiger partial charge on any atom is -0.481 e. The van der Waals surface area contributed by atoms with E-state index in [1.54, 1.807) is 0 Å². The van der Waals surface area contributed by atoms with Crippen LogP contribution in [-0.4, -0.2) is 43.1 Å². The van der Waals surface area contributed by atoms with Crippen LogP contribution in [0.25, 0.3) is 0 Å². The fourth-order valence-corrected chi connectivity index (χ4v) is 1.60. The van der Waals surface area contributed by atoms with Gasteiger partial charge in [-0.2, -0.15) is 5.26 Å². The first-order valence-electron chi connectivity index (χ1n) is 3.85. The Morgan fingerprint density at radius 1 is 1.64 bits per heavy atom. The maximum absolute atomic E-state index is 11.2. The molecule has 1 N–H and O–H groups in total. The van der Waals surface area contributed by atoms with Crippen LogP contribution in [0.15, 0.2) is 0 Å². The number of aliphatic carboxylic acids is 1. The highest BCUT2D eigenvalue weighted by atomic mass is 32.2. The van der Waals surface area contributed by atoms with Crippen molar-refractivity contribution < 1.29 is 18.3 Å². The monoisotopic (exact) mass is 220 g/mol. The highest BCUT2D eigenvalue weighted by molar-refractivity contribution is 7.89. The Labute approximate surface area is 82.8 Å². The number of sulfonamides is 1. The number of nitrogens with zero attached hydrogens (tertiary/aromatic N) is 2. The molecule has 0 aliphatic carbocycles. The fraction of sp³-hybridized carbons (Fsp3) is 0.714. The van der Waals surface area contributed by atoms with Crippen LogP contribution in [0.3, 0.4) is 0 Å². The van der Waals surface area contributed by atoms with E-state index in [1.807, 2.05) is 0 Å². The smallest absolute Gasteiger partial charge is 0.307 e. The van der Waals surface area contributed by atoms with Crippen LogP contribution in [0.5, 0.6) is 0 Å². The van der Waals surface area contributed by atoms with Crippen molar-refractivity contribution in [2.45, 2.75) is 6.92 Å². The number of hydrogen-bond donors (Lipinski definition) is 1. The molecule has 14 heavy (non-hydrogen) atoms. The summed E-state index contributed by atoms with van der Waals surface area (Å²) in [5.41, 5.74) is 0. The molecule has 0 radical (unpaired) electrons. The molecule has 0 fully saturated rings. The van der Waals surface area contributed by atoms with Gasteiger partial charge in [0.15, 0.2) is 5.75 Å². The molecule has 0 saturated heterocycles. The van der Waals surface area contributed by atoms with E-state index in [4.69, 9.17) is 10.4 Å². The number of carboxylic acids is 1. The number of nitriles is 1. The van der Waals surface area contributed by atoms with Gasteiger partial charge in [-0.15, -0.1) is 0 Å². The highest BCUT2D eigenvalue weighted by Gasteiger charge is 2.22. The molecule has 1 atom stereocenters. The van der Waals surface area contributed by atoms with Gasteiger partial charge in [0.25, 0.3) is 0 Å². The lowest BCUT2D eigenvalue weighted by Gasteiger charge is -2.17.